The van der Waals surface area contributed by atoms with Crippen molar-refractivity contribution in [2.24, 2.45) is 0 Å². The molecule has 3 rings (SSSR count). The highest BCUT2D eigenvalue weighted by Crippen LogP contribution is 2.33. The average molecular weight is 309 g/mol. The van der Waals surface area contributed by atoms with Gasteiger partial charge in [-0.3, -0.25) is 0 Å². The number of sulfone groups is 1. The molecule has 0 amide bonds. The molecule has 1 N–H and O–H groups in total. The van der Waals surface area contributed by atoms with Crippen LogP contribution in [0, 0.1) is 11.6 Å². The summed E-state index contributed by atoms with van der Waals surface area (Å²) in [6, 6.07) is 9.54. The summed E-state index contributed by atoms with van der Waals surface area (Å²) in [6.45, 7) is 0.0676. The van der Waals surface area contributed by atoms with E-state index < -0.39 is 27.5 Å². The number of halogens is 2. The van der Waals surface area contributed by atoms with Crippen LogP contribution in [0.3, 0.4) is 0 Å². The van der Waals surface area contributed by atoms with Crippen molar-refractivity contribution in [2.75, 3.05) is 5.75 Å². The van der Waals surface area contributed by atoms with Crippen molar-refractivity contribution in [1.82, 2.24) is 5.32 Å². The van der Waals surface area contributed by atoms with Gasteiger partial charge in [-0.1, -0.05) is 18.2 Å². The first-order valence-corrected chi connectivity index (χ1v) is 8.11. The van der Waals surface area contributed by atoms with Crippen molar-refractivity contribution in [3.63, 3.8) is 0 Å². The molecule has 0 aliphatic carbocycles. The quantitative estimate of drug-likeness (QED) is 0.948. The highest BCUT2D eigenvalue weighted by molar-refractivity contribution is 7.91. The van der Waals surface area contributed by atoms with Gasteiger partial charge in [0.05, 0.1) is 10.6 Å². The lowest BCUT2D eigenvalue weighted by Crippen LogP contribution is -2.23. The third-order valence-corrected chi connectivity index (χ3v) is 5.38. The summed E-state index contributed by atoms with van der Waals surface area (Å²) in [7, 11) is -3.31. The van der Waals surface area contributed by atoms with E-state index in [0.29, 0.717) is 10.5 Å². The summed E-state index contributed by atoms with van der Waals surface area (Å²) in [5.41, 5.74) is 0.853. The molecule has 21 heavy (non-hydrogen) atoms. The van der Waals surface area contributed by atoms with E-state index >= 15 is 0 Å². The minimum absolute atomic E-state index is 0.0662. The number of nitrogens with one attached hydrogen (secondary N) is 1. The molecule has 1 unspecified atom stereocenters. The van der Waals surface area contributed by atoms with Crippen LogP contribution in [0.4, 0.5) is 8.78 Å². The number of hydrogen-bond donors (Lipinski definition) is 1. The molecule has 1 aliphatic rings. The van der Waals surface area contributed by atoms with Gasteiger partial charge in [-0.25, -0.2) is 17.2 Å². The molecule has 6 heteroatoms. The van der Waals surface area contributed by atoms with Crippen LogP contribution in [0.5, 0.6) is 0 Å². The fourth-order valence-electron chi connectivity index (χ4n) is 2.53. The zero-order chi connectivity index (χ0) is 15.0. The summed E-state index contributed by atoms with van der Waals surface area (Å²) in [6.07, 6.45) is 0. The number of rotatable bonds is 3. The van der Waals surface area contributed by atoms with Gasteiger partial charge in [0.1, 0.15) is 11.6 Å². The Morgan fingerprint density at radius 3 is 2.71 bits per heavy atom. The van der Waals surface area contributed by atoms with E-state index in [1.165, 1.54) is 0 Å². The minimum atomic E-state index is -3.31. The molecule has 2 aromatic rings. The third-order valence-electron chi connectivity index (χ3n) is 3.56. The van der Waals surface area contributed by atoms with E-state index in [0.717, 1.165) is 18.2 Å². The van der Waals surface area contributed by atoms with Crippen LogP contribution < -0.4 is 5.32 Å². The molecule has 0 aromatic heterocycles. The first-order chi connectivity index (χ1) is 9.97. The Morgan fingerprint density at radius 1 is 1.14 bits per heavy atom. The number of hydrogen-bond acceptors (Lipinski definition) is 3. The summed E-state index contributed by atoms with van der Waals surface area (Å²) in [4.78, 5) is 0.308. The van der Waals surface area contributed by atoms with Gasteiger partial charge < -0.3 is 5.32 Å². The van der Waals surface area contributed by atoms with Crippen LogP contribution in [0.1, 0.15) is 17.2 Å². The molecule has 1 aliphatic heterocycles. The molecule has 0 saturated carbocycles. The van der Waals surface area contributed by atoms with Gasteiger partial charge in [0.25, 0.3) is 0 Å². The molecular weight excluding hydrogens is 296 g/mol. The van der Waals surface area contributed by atoms with E-state index in [4.69, 9.17) is 0 Å². The molecule has 110 valence electrons. The van der Waals surface area contributed by atoms with Crippen molar-refractivity contribution in [1.29, 1.82) is 0 Å². The van der Waals surface area contributed by atoms with Gasteiger partial charge in [0.15, 0.2) is 9.84 Å². The van der Waals surface area contributed by atoms with Gasteiger partial charge in [-0.15, -0.1) is 0 Å². The maximum atomic E-state index is 13.6. The van der Waals surface area contributed by atoms with E-state index in [1.54, 1.807) is 24.3 Å². The lowest BCUT2D eigenvalue weighted by Gasteiger charge is -2.13. The molecule has 0 saturated heterocycles. The zero-order valence-corrected chi connectivity index (χ0v) is 11.8. The van der Waals surface area contributed by atoms with E-state index in [2.05, 4.69) is 5.32 Å². The largest absolute Gasteiger partial charge is 0.305 e. The molecule has 1 atom stereocenters. The Labute approximate surface area is 121 Å². The van der Waals surface area contributed by atoms with Crippen LogP contribution in [0.25, 0.3) is 0 Å². The molecule has 0 bridgehead atoms. The van der Waals surface area contributed by atoms with Gasteiger partial charge in [0, 0.05) is 18.2 Å². The molecule has 3 nitrogen and oxygen atoms in total. The van der Waals surface area contributed by atoms with Crippen LogP contribution in [-0.4, -0.2) is 14.2 Å². The molecule has 0 fully saturated rings. The predicted octanol–water partition coefficient (Wildman–Crippen LogP) is 2.58. The van der Waals surface area contributed by atoms with Gasteiger partial charge in [-0.05, 0) is 29.8 Å². The van der Waals surface area contributed by atoms with Crippen molar-refractivity contribution in [3.05, 3.63) is 65.2 Å². The van der Waals surface area contributed by atoms with E-state index in [1.807, 2.05) is 0 Å². The average Bonchev–Trinajstić information content (AvgIpc) is 2.72. The Hall–Kier alpha value is -1.79. The van der Waals surface area contributed by atoms with Crippen LogP contribution >= 0.6 is 0 Å². The van der Waals surface area contributed by atoms with Crippen molar-refractivity contribution >= 4 is 9.84 Å². The smallest absolute Gasteiger partial charge is 0.180 e. The standard InChI is InChI=1S/C15H13F2NO2S/c16-11-5-6-13(17)10(7-11)8-18-14-9-21(19,20)15-4-2-1-3-12(14)15/h1-7,14,18H,8-9H2. The van der Waals surface area contributed by atoms with Gasteiger partial charge in [-0.2, -0.15) is 0 Å². The normalized spacial score (nSPS) is 19.4. The number of benzene rings is 2. The van der Waals surface area contributed by atoms with Crippen molar-refractivity contribution < 1.29 is 17.2 Å². The second-order valence-corrected chi connectivity index (χ2v) is 6.99. The Balaban J connectivity index is 1.83. The van der Waals surface area contributed by atoms with Crippen LogP contribution in [0.2, 0.25) is 0 Å². The number of fused-ring (bicyclic) bond motifs is 1. The Morgan fingerprint density at radius 2 is 1.90 bits per heavy atom. The topological polar surface area (TPSA) is 46.2 Å². The summed E-state index contributed by atoms with van der Waals surface area (Å²) in [5, 5.41) is 2.99. The van der Waals surface area contributed by atoms with Crippen LogP contribution in [0.15, 0.2) is 47.4 Å². The second kappa shape index (κ2) is 5.20. The van der Waals surface area contributed by atoms with Crippen molar-refractivity contribution in [2.45, 2.75) is 17.5 Å². The highest BCUT2D eigenvalue weighted by atomic mass is 32.2. The Kier molecular flexibility index (Phi) is 3.51. The summed E-state index contributed by atoms with van der Waals surface area (Å²) in [5.74, 6) is -1.10. The van der Waals surface area contributed by atoms with Crippen LogP contribution in [-0.2, 0) is 16.4 Å². The Bertz CT molecular complexity index is 790. The first-order valence-electron chi connectivity index (χ1n) is 6.46. The fourth-order valence-corrected chi connectivity index (χ4v) is 4.30. The molecule has 0 spiro atoms. The summed E-state index contributed by atoms with van der Waals surface area (Å²) < 4.78 is 50.7. The fraction of sp³-hybridized carbons (Fsp3) is 0.200. The summed E-state index contributed by atoms with van der Waals surface area (Å²) >= 11 is 0. The van der Waals surface area contributed by atoms with Gasteiger partial charge in [0.2, 0.25) is 0 Å². The van der Waals surface area contributed by atoms with E-state index in [-0.39, 0.29) is 17.9 Å². The maximum absolute atomic E-state index is 13.6. The lowest BCUT2D eigenvalue weighted by molar-refractivity contribution is 0.535. The van der Waals surface area contributed by atoms with E-state index in [9.17, 15) is 17.2 Å². The maximum Gasteiger partial charge on any atom is 0.180 e. The highest BCUT2D eigenvalue weighted by Gasteiger charge is 2.33. The molecule has 0 radical (unpaired) electrons. The second-order valence-electron chi connectivity index (χ2n) is 4.99. The lowest BCUT2D eigenvalue weighted by atomic mass is 10.1. The predicted molar refractivity (Wildman–Crippen MR) is 74.4 cm³/mol. The zero-order valence-electron chi connectivity index (χ0n) is 11.0. The monoisotopic (exact) mass is 309 g/mol. The first kappa shape index (κ1) is 14.2. The third kappa shape index (κ3) is 2.69. The van der Waals surface area contributed by atoms with Crippen molar-refractivity contribution in [3.8, 4) is 0 Å². The van der Waals surface area contributed by atoms with Gasteiger partial charge >= 0.3 is 0 Å². The molecular formula is C15H13F2NO2S. The molecule has 1 heterocycles. The minimum Gasteiger partial charge on any atom is -0.305 e. The SMILES string of the molecule is O=S1(=O)CC(NCc2cc(F)ccc2F)c2ccccc21. The molecule has 2 aromatic carbocycles.